The van der Waals surface area contributed by atoms with Crippen LogP contribution in [-0.2, 0) is 65.4 Å². The molecule has 0 aliphatic rings. The average molecular weight is 1340 g/mol. The van der Waals surface area contributed by atoms with Crippen LogP contribution in [0.4, 0.5) is 0 Å². The first-order valence-corrected chi connectivity index (χ1v) is 40.6. The molecule has 0 heterocycles. The van der Waals surface area contributed by atoms with Crippen LogP contribution in [0.2, 0.25) is 0 Å². The fraction of sp³-hybridized carbons (Fsp3) is 0.944. The first kappa shape index (κ1) is 89.1. The van der Waals surface area contributed by atoms with Crippen molar-refractivity contribution in [2.75, 3.05) is 39.6 Å². The summed E-state index contributed by atoms with van der Waals surface area (Å²) in [6.07, 6.45) is 52.8. The number of hydrogen-bond donors (Lipinski definition) is 3. The molecule has 0 rings (SSSR count). The van der Waals surface area contributed by atoms with Crippen molar-refractivity contribution in [2.24, 2.45) is 5.92 Å². The minimum atomic E-state index is -4.95. The number of aliphatic hydroxyl groups excluding tert-OH is 1. The molecule has 540 valence electrons. The maximum Gasteiger partial charge on any atom is 0.472 e. The van der Waals surface area contributed by atoms with Gasteiger partial charge in [-0.05, 0) is 31.6 Å². The zero-order chi connectivity index (χ0) is 67.0. The number of phosphoric ester groups is 2. The van der Waals surface area contributed by atoms with E-state index in [1.807, 2.05) is 0 Å². The number of esters is 4. The van der Waals surface area contributed by atoms with Gasteiger partial charge in [-0.15, -0.1) is 0 Å². The molecule has 5 atom stereocenters. The molecular weight excluding hydrogens is 1200 g/mol. The summed E-state index contributed by atoms with van der Waals surface area (Å²) in [6, 6.07) is 0. The third kappa shape index (κ3) is 66.5. The Hall–Kier alpha value is -1.94. The number of unbranched alkanes of at least 4 members (excludes halogenated alkanes) is 44. The van der Waals surface area contributed by atoms with E-state index >= 15 is 0 Å². The SMILES string of the molecule is CCCCCCCCCCCCCCCCCC(=O)OC[C@H](COP(=O)(O)OC[C@@H](O)COP(=O)(O)OC[C@@H](COC(=O)CCCCCCCCC)OC(=O)CCCCCCCCCCCCC)OC(=O)CCCCCCCCCCCCCCCCCC(C)C. The maximum absolute atomic E-state index is 13.0. The van der Waals surface area contributed by atoms with Crippen LogP contribution in [0.3, 0.4) is 0 Å². The summed E-state index contributed by atoms with van der Waals surface area (Å²) >= 11 is 0. The van der Waals surface area contributed by atoms with Crippen LogP contribution in [0.25, 0.3) is 0 Å². The number of carbonyl (C=O) groups excluding carboxylic acids is 4. The Morgan fingerprint density at radius 2 is 0.505 bits per heavy atom. The van der Waals surface area contributed by atoms with Crippen molar-refractivity contribution in [1.82, 2.24) is 0 Å². The van der Waals surface area contributed by atoms with Crippen LogP contribution < -0.4 is 0 Å². The lowest BCUT2D eigenvalue weighted by atomic mass is 10.0. The van der Waals surface area contributed by atoms with Gasteiger partial charge in [0.2, 0.25) is 0 Å². The fourth-order valence-corrected chi connectivity index (χ4v) is 12.6. The van der Waals surface area contributed by atoms with Crippen molar-refractivity contribution in [3.8, 4) is 0 Å². The summed E-state index contributed by atoms with van der Waals surface area (Å²) in [4.78, 5) is 72.5. The first-order chi connectivity index (χ1) is 44.0. The van der Waals surface area contributed by atoms with Crippen LogP contribution in [-0.4, -0.2) is 96.7 Å². The highest BCUT2D eigenvalue weighted by molar-refractivity contribution is 7.47. The highest BCUT2D eigenvalue weighted by Gasteiger charge is 2.30. The number of aliphatic hydroxyl groups is 1. The summed E-state index contributed by atoms with van der Waals surface area (Å²) in [7, 11) is -9.90. The van der Waals surface area contributed by atoms with E-state index in [0.29, 0.717) is 25.7 Å². The molecule has 3 N–H and O–H groups in total. The largest absolute Gasteiger partial charge is 0.472 e. The lowest BCUT2D eigenvalue weighted by Crippen LogP contribution is -2.30. The van der Waals surface area contributed by atoms with Gasteiger partial charge in [0.15, 0.2) is 12.2 Å². The molecular formula is C72H140O17P2. The highest BCUT2D eigenvalue weighted by Crippen LogP contribution is 2.45. The second-order valence-electron chi connectivity index (χ2n) is 26.5. The highest BCUT2D eigenvalue weighted by atomic mass is 31.2. The third-order valence-electron chi connectivity index (χ3n) is 16.8. The van der Waals surface area contributed by atoms with Crippen LogP contribution in [0.15, 0.2) is 0 Å². The molecule has 0 aromatic carbocycles. The molecule has 0 aliphatic heterocycles. The van der Waals surface area contributed by atoms with E-state index in [9.17, 15) is 43.2 Å². The smallest absolute Gasteiger partial charge is 0.462 e. The number of hydrogen-bond acceptors (Lipinski definition) is 15. The van der Waals surface area contributed by atoms with Gasteiger partial charge in [-0.25, -0.2) is 9.13 Å². The van der Waals surface area contributed by atoms with Gasteiger partial charge in [0.1, 0.15) is 19.3 Å². The second-order valence-corrected chi connectivity index (χ2v) is 29.4. The monoisotopic (exact) mass is 1340 g/mol. The molecule has 0 aliphatic carbocycles. The van der Waals surface area contributed by atoms with Crippen molar-refractivity contribution in [3.05, 3.63) is 0 Å². The van der Waals surface area contributed by atoms with Gasteiger partial charge in [-0.1, -0.05) is 324 Å². The summed E-state index contributed by atoms with van der Waals surface area (Å²) < 4.78 is 68.3. The molecule has 0 amide bonds. The van der Waals surface area contributed by atoms with Gasteiger partial charge in [0, 0.05) is 25.7 Å². The van der Waals surface area contributed by atoms with Gasteiger partial charge >= 0.3 is 39.5 Å². The minimum absolute atomic E-state index is 0.107. The molecule has 2 unspecified atom stereocenters. The van der Waals surface area contributed by atoms with E-state index in [0.717, 1.165) is 109 Å². The normalized spacial score (nSPS) is 14.0. The molecule has 0 aromatic heterocycles. The average Bonchev–Trinajstić information content (AvgIpc) is 3.19. The van der Waals surface area contributed by atoms with Gasteiger partial charge in [-0.2, -0.15) is 0 Å². The minimum Gasteiger partial charge on any atom is -0.462 e. The lowest BCUT2D eigenvalue weighted by Gasteiger charge is -2.21. The zero-order valence-electron chi connectivity index (χ0n) is 59.0. The molecule has 0 aromatic rings. The van der Waals surface area contributed by atoms with Crippen molar-refractivity contribution in [3.63, 3.8) is 0 Å². The number of rotatable bonds is 72. The van der Waals surface area contributed by atoms with Crippen molar-refractivity contribution < 1.29 is 80.2 Å². The number of ether oxygens (including phenoxy) is 4. The summed E-state index contributed by atoms with van der Waals surface area (Å²) in [5, 5.41) is 10.6. The Labute approximate surface area is 556 Å². The standard InChI is InChI=1S/C72H140O17P2/c1-6-9-12-15-18-20-22-23-25-29-33-36-41-46-51-56-70(75)83-62-68(89-72(77)58-53-48-43-38-34-30-27-24-26-28-32-35-40-44-49-54-65(4)5)64-87-91(80,81)85-60-66(73)59-84-90(78,79)86-63-67(61-82-69(74)55-50-45-39-17-14-11-8-3)88-71(76)57-52-47-42-37-31-21-19-16-13-10-7-2/h65-68,73H,6-64H2,1-5H3,(H,78,79)(H,80,81)/t66-,67+,68+/m0/s1. The molecule has 0 bridgehead atoms. The van der Waals surface area contributed by atoms with Crippen molar-refractivity contribution in [1.29, 1.82) is 0 Å². The van der Waals surface area contributed by atoms with E-state index in [4.69, 9.17) is 37.0 Å². The molecule has 19 heteroatoms. The summed E-state index contributed by atoms with van der Waals surface area (Å²) in [6.45, 7) is 7.25. The van der Waals surface area contributed by atoms with E-state index in [-0.39, 0.29) is 25.7 Å². The molecule has 0 saturated heterocycles. The predicted octanol–water partition coefficient (Wildman–Crippen LogP) is 20.9. The van der Waals surface area contributed by atoms with Gasteiger partial charge < -0.3 is 33.8 Å². The quantitative estimate of drug-likeness (QED) is 0.0222. The maximum atomic E-state index is 13.0. The fourth-order valence-electron chi connectivity index (χ4n) is 11.0. The Balaban J connectivity index is 5.19. The first-order valence-electron chi connectivity index (χ1n) is 37.6. The Morgan fingerprint density at radius 1 is 0.297 bits per heavy atom. The third-order valence-corrected chi connectivity index (χ3v) is 18.7. The molecule has 0 spiro atoms. The van der Waals surface area contributed by atoms with E-state index in [2.05, 4.69) is 34.6 Å². The Morgan fingerprint density at radius 3 is 0.747 bits per heavy atom. The van der Waals surface area contributed by atoms with Crippen molar-refractivity contribution in [2.45, 2.75) is 393 Å². The zero-order valence-corrected chi connectivity index (χ0v) is 60.8. The number of carbonyl (C=O) groups is 4. The van der Waals surface area contributed by atoms with E-state index in [1.165, 1.54) is 186 Å². The second kappa shape index (κ2) is 65.4. The van der Waals surface area contributed by atoms with E-state index < -0.39 is 97.5 Å². The van der Waals surface area contributed by atoms with Gasteiger partial charge in [0.25, 0.3) is 0 Å². The van der Waals surface area contributed by atoms with Crippen LogP contribution >= 0.6 is 15.6 Å². The predicted molar refractivity (Wildman–Crippen MR) is 368 cm³/mol. The topological polar surface area (TPSA) is 237 Å². The van der Waals surface area contributed by atoms with Crippen LogP contribution in [0, 0.1) is 5.92 Å². The molecule has 91 heavy (non-hydrogen) atoms. The summed E-state index contributed by atoms with van der Waals surface area (Å²) in [5.74, 6) is -1.32. The van der Waals surface area contributed by atoms with Crippen LogP contribution in [0.5, 0.6) is 0 Å². The Bertz CT molecular complexity index is 1750. The van der Waals surface area contributed by atoms with Gasteiger partial charge in [-0.3, -0.25) is 37.3 Å². The summed E-state index contributed by atoms with van der Waals surface area (Å²) in [5.41, 5.74) is 0. The Kier molecular flexibility index (Phi) is 64.0. The number of phosphoric acid groups is 2. The molecule has 17 nitrogen and oxygen atoms in total. The lowest BCUT2D eigenvalue weighted by molar-refractivity contribution is -0.161. The van der Waals surface area contributed by atoms with Crippen molar-refractivity contribution >= 4 is 39.5 Å². The molecule has 0 radical (unpaired) electrons. The van der Waals surface area contributed by atoms with Gasteiger partial charge in [0.05, 0.1) is 26.4 Å². The molecule has 0 saturated carbocycles. The van der Waals surface area contributed by atoms with E-state index in [1.54, 1.807) is 0 Å². The van der Waals surface area contributed by atoms with Crippen LogP contribution in [0.1, 0.15) is 375 Å². The molecule has 0 fully saturated rings.